The predicted octanol–water partition coefficient (Wildman–Crippen LogP) is 2.08. The van der Waals surface area contributed by atoms with Gasteiger partial charge in [-0.15, -0.1) is 0 Å². The number of aryl methyl sites for hydroxylation is 1. The number of anilines is 2. The number of aromatic nitrogens is 3. The molecule has 210 valence electrons. The molecule has 1 fully saturated rings. The molecule has 0 radical (unpaired) electrons. The van der Waals surface area contributed by atoms with Crippen LogP contribution in [0.1, 0.15) is 23.0 Å². The zero-order valence-corrected chi connectivity index (χ0v) is 24.1. The standard InChI is InChI=1S/C24H32N8O5S2/c1-15(27-20-17-7-6-8-18(21(33)30(3)4)19(17)25-14-26-20)13-31-9-11-32(12-10-31)39(35,36)22-16(2)28-23(38-22)29-24(34)37-5/h6-8,14-15H,9-13H2,1-5H3,(H,25,26,27)(H,28,29,34)/t15-/m0/s1. The molecule has 2 N–H and O–H groups in total. The molecule has 2 aromatic heterocycles. The van der Waals surface area contributed by atoms with Crippen LogP contribution in [0.4, 0.5) is 15.7 Å². The largest absolute Gasteiger partial charge is 0.453 e. The molecular formula is C24H32N8O5S2. The summed E-state index contributed by atoms with van der Waals surface area (Å²) in [5.41, 5.74) is 1.43. The SMILES string of the molecule is COC(=O)Nc1nc(C)c(S(=O)(=O)N2CCN(C[C@H](C)Nc3ncnc4c(C(=O)N(C)C)cccc34)CC2)s1. The Bertz CT molecular complexity index is 1470. The highest BCUT2D eigenvalue weighted by molar-refractivity contribution is 7.91. The van der Waals surface area contributed by atoms with E-state index in [0.717, 1.165) is 16.7 Å². The number of nitrogens with zero attached hydrogens (tertiary/aromatic N) is 6. The van der Waals surface area contributed by atoms with Crippen LogP contribution in [0, 0.1) is 6.92 Å². The summed E-state index contributed by atoms with van der Waals surface area (Å²) in [6.07, 6.45) is 0.738. The Hall–Kier alpha value is -3.40. The fraction of sp³-hybridized carbons (Fsp3) is 0.458. The topological polar surface area (TPSA) is 150 Å². The van der Waals surface area contributed by atoms with Crippen molar-refractivity contribution >= 4 is 55.2 Å². The first-order valence-electron chi connectivity index (χ1n) is 12.3. The van der Waals surface area contributed by atoms with Crippen molar-refractivity contribution in [3.8, 4) is 0 Å². The summed E-state index contributed by atoms with van der Waals surface area (Å²) in [5, 5.41) is 6.78. The van der Waals surface area contributed by atoms with Crippen LogP contribution in [0.25, 0.3) is 10.9 Å². The van der Waals surface area contributed by atoms with Gasteiger partial charge in [0.2, 0.25) is 0 Å². The average molecular weight is 577 g/mol. The number of rotatable bonds is 8. The number of hydrogen-bond donors (Lipinski definition) is 2. The van der Waals surface area contributed by atoms with Gasteiger partial charge >= 0.3 is 6.09 Å². The molecule has 0 unspecified atom stereocenters. The number of benzene rings is 1. The maximum Gasteiger partial charge on any atom is 0.413 e. The quantitative estimate of drug-likeness (QED) is 0.408. The number of carbonyl (C=O) groups is 2. The Labute approximate surface area is 231 Å². The molecule has 1 saturated heterocycles. The minimum absolute atomic E-state index is 0.00448. The van der Waals surface area contributed by atoms with E-state index in [9.17, 15) is 18.0 Å². The van der Waals surface area contributed by atoms with Gasteiger partial charge in [0, 0.05) is 58.2 Å². The summed E-state index contributed by atoms with van der Waals surface area (Å²) in [7, 11) is 0.878. The Kier molecular flexibility index (Phi) is 8.64. The zero-order chi connectivity index (χ0) is 28.3. The van der Waals surface area contributed by atoms with Crippen molar-refractivity contribution in [1.82, 2.24) is 29.1 Å². The molecule has 15 heteroatoms. The van der Waals surface area contributed by atoms with Gasteiger partial charge in [-0.25, -0.2) is 28.2 Å². The van der Waals surface area contributed by atoms with Gasteiger partial charge in [0.15, 0.2) is 9.34 Å². The number of piperazine rings is 1. The average Bonchev–Trinajstić information content (AvgIpc) is 3.28. The van der Waals surface area contributed by atoms with E-state index in [1.165, 1.54) is 22.6 Å². The highest BCUT2D eigenvalue weighted by atomic mass is 32.2. The number of para-hydroxylation sites is 1. The molecule has 39 heavy (non-hydrogen) atoms. The highest BCUT2D eigenvalue weighted by Crippen LogP contribution is 2.30. The minimum Gasteiger partial charge on any atom is -0.453 e. The fourth-order valence-corrected chi connectivity index (χ4v) is 7.32. The molecule has 0 spiro atoms. The first kappa shape index (κ1) is 28.6. The lowest BCUT2D eigenvalue weighted by Gasteiger charge is -2.35. The third-order valence-corrected chi connectivity index (χ3v) is 9.83. The number of ether oxygens (including phenoxy) is 1. The van der Waals surface area contributed by atoms with Crippen molar-refractivity contribution in [2.24, 2.45) is 0 Å². The molecule has 1 atom stereocenters. The maximum absolute atomic E-state index is 13.3. The van der Waals surface area contributed by atoms with Gasteiger partial charge in [-0.2, -0.15) is 4.31 Å². The van der Waals surface area contributed by atoms with Gasteiger partial charge in [0.25, 0.3) is 15.9 Å². The van der Waals surface area contributed by atoms with Crippen LogP contribution in [0.15, 0.2) is 28.7 Å². The minimum atomic E-state index is -3.75. The van der Waals surface area contributed by atoms with Crippen molar-refractivity contribution < 1.29 is 22.7 Å². The lowest BCUT2D eigenvalue weighted by Crippen LogP contribution is -2.50. The van der Waals surface area contributed by atoms with E-state index < -0.39 is 16.1 Å². The number of hydrogen-bond acceptors (Lipinski definition) is 11. The number of carbonyl (C=O) groups excluding carboxylic acids is 2. The van der Waals surface area contributed by atoms with Gasteiger partial charge in [-0.3, -0.25) is 15.0 Å². The van der Waals surface area contributed by atoms with Gasteiger partial charge in [-0.05, 0) is 26.0 Å². The second kappa shape index (κ2) is 11.8. The Balaban J connectivity index is 1.38. The summed E-state index contributed by atoms with van der Waals surface area (Å²) in [6, 6.07) is 5.45. The third kappa shape index (κ3) is 6.27. The van der Waals surface area contributed by atoms with E-state index in [1.54, 1.807) is 27.1 Å². The molecule has 0 saturated carbocycles. The summed E-state index contributed by atoms with van der Waals surface area (Å²) in [6.45, 7) is 6.08. The molecule has 0 aliphatic carbocycles. The van der Waals surface area contributed by atoms with E-state index >= 15 is 0 Å². The third-order valence-electron chi connectivity index (χ3n) is 6.27. The number of sulfonamides is 1. The number of methoxy groups -OCH3 is 1. The van der Waals surface area contributed by atoms with Crippen LogP contribution >= 0.6 is 11.3 Å². The molecule has 4 rings (SSSR count). The van der Waals surface area contributed by atoms with Gasteiger partial charge in [0.1, 0.15) is 12.1 Å². The molecule has 1 aliphatic heterocycles. The highest BCUT2D eigenvalue weighted by Gasteiger charge is 2.32. The first-order chi connectivity index (χ1) is 18.5. The van der Waals surface area contributed by atoms with E-state index in [1.807, 2.05) is 19.1 Å². The Morgan fingerprint density at radius 1 is 1.18 bits per heavy atom. The summed E-state index contributed by atoms with van der Waals surface area (Å²) >= 11 is 0.909. The molecule has 3 aromatic rings. The lowest BCUT2D eigenvalue weighted by atomic mass is 10.1. The van der Waals surface area contributed by atoms with Crippen molar-refractivity contribution in [3.05, 3.63) is 35.8 Å². The van der Waals surface area contributed by atoms with E-state index in [0.29, 0.717) is 55.3 Å². The summed E-state index contributed by atoms with van der Waals surface area (Å²) in [5.74, 6) is 0.509. The summed E-state index contributed by atoms with van der Waals surface area (Å²) < 4.78 is 32.7. The monoisotopic (exact) mass is 576 g/mol. The van der Waals surface area contributed by atoms with Crippen molar-refractivity contribution in [3.63, 3.8) is 0 Å². The van der Waals surface area contributed by atoms with Gasteiger partial charge in [0.05, 0.1) is 23.9 Å². The maximum atomic E-state index is 13.3. The van der Waals surface area contributed by atoms with E-state index in [2.05, 4.69) is 35.2 Å². The van der Waals surface area contributed by atoms with Crippen LogP contribution in [0.2, 0.25) is 0 Å². The number of thiazole rings is 1. The normalized spacial score (nSPS) is 15.6. The first-order valence-corrected chi connectivity index (χ1v) is 14.5. The smallest absolute Gasteiger partial charge is 0.413 e. The second-order valence-electron chi connectivity index (χ2n) is 9.38. The number of fused-ring (bicyclic) bond motifs is 1. The number of amides is 2. The fourth-order valence-electron chi connectivity index (χ4n) is 4.37. The van der Waals surface area contributed by atoms with Crippen molar-refractivity contribution in [1.29, 1.82) is 0 Å². The van der Waals surface area contributed by atoms with Crippen molar-refractivity contribution in [2.45, 2.75) is 24.1 Å². The Morgan fingerprint density at radius 3 is 2.56 bits per heavy atom. The van der Waals surface area contributed by atoms with Gasteiger partial charge < -0.3 is 15.0 Å². The van der Waals surface area contributed by atoms with E-state index in [-0.39, 0.29) is 21.3 Å². The molecular weight excluding hydrogens is 544 g/mol. The molecule has 1 aromatic carbocycles. The van der Waals surface area contributed by atoms with E-state index in [4.69, 9.17) is 0 Å². The van der Waals surface area contributed by atoms with Crippen LogP contribution in [0.3, 0.4) is 0 Å². The molecule has 2 amide bonds. The molecule has 1 aliphatic rings. The van der Waals surface area contributed by atoms with Crippen LogP contribution < -0.4 is 10.6 Å². The summed E-state index contributed by atoms with van der Waals surface area (Å²) in [4.78, 5) is 40.7. The predicted molar refractivity (Wildman–Crippen MR) is 149 cm³/mol. The van der Waals surface area contributed by atoms with Crippen LogP contribution in [0.5, 0.6) is 0 Å². The van der Waals surface area contributed by atoms with Crippen LogP contribution in [-0.2, 0) is 14.8 Å². The molecule has 3 heterocycles. The second-order valence-corrected chi connectivity index (χ2v) is 12.5. The molecule has 13 nitrogen and oxygen atoms in total. The molecule has 0 bridgehead atoms. The zero-order valence-electron chi connectivity index (χ0n) is 22.5. The lowest BCUT2D eigenvalue weighted by molar-refractivity contribution is 0.0829. The number of nitrogens with one attached hydrogen (secondary N) is 2. The Morgan fingerprint density at radius 2 is 1.90 bits per heavy atom. The van der Waals surface area contributed by atoms with Crippen molar-refractivity contribution in [2.75, 3.05) is 64.6 Å². The van der Waals surface area contributed by atoms with Crippen LogP contribution in [-0.4, -0.2) is 109 Å². The van der Waals surface area contributed by atoms with Gasteiger partial charge in [-0.1, -0.05) is 17.4 Å².